The highest BCUT2D eigenvalue weighted by molar-refractivity contribution is 7.86. The van der Waals surface area contributed by atoms with Gasteiger partial charge in [0.15, 0.2) is 6.73 Å². The van der Waals surface area contributed by atoms with E-state index in [0.29, 0.717) is 12.8 Å². The number of piperidine rings is 1. The van der Waals surface area contributed by atoms with E-state index in [0.717, 1.165) is 5.06 Å². The summed E-state index contributed by atoms with van der Waals surface area (Å²) in [6.07, 6.45) is 0.665. The highest BCUT2D eigenvalue weighted by atomic mass is 32.2. The molecular weight excluding hydrogens is 438 g/mol. The van der Waals surface area contributed by atoms with Crippen LogP contribution in [0.3, 0.4) is 0 Å². The molecular formula is C17H27N3O10S. The molecule has 0 saturated carbocycles. The molecule has 176 valence electrons. The number of nitrogens with zero attached hydrogens (tertiary/aromatic N) is 2. The Morgan fingerprint density at radius 3 is 2.45 bits per heavy atom. The van der Waals surface area contributed by atoms with Crippen LogP contribution in [0.4, 0.5) is 4.79 Å². The predicted molar refractivity (Wildman–Crippen MR) is 102 cm³/mol. The topological polar surface area (TPSA) is 158 Å². The monoisotopic (exact) mass is 465 g/mol. The maximum absolute atomic E-state index is 12.5. The minimum Gasteiger partial charge on any atom is -0.464 e. The zero-order valence-corrected chi connectivity index (χ0v) is 18.6. The van der Waals surface area contributed by atoms with Gasteiger partial charge in [-0.05, 0) is 33.6 Å². The van der Waals surface area contributed by atoms with Gasteiger partial charge >= 0.3 is 18.0 Å². The Kier molecular flexibility index (Phi) is 7.83. The van der Waals surface area contributed by atoms with E-state index in [1.807, 2.05) is 0 Å². The Morgan fingerprint density at radius 2 is 1.84 bits per heavy atom. The predicted octanol–water partition coefficient (Wildman–Crippen LogP) is -0.326. The smallest absolute Gasteiger partial charge is 0.347 e. The number of hydrogen-bond acceptors (Lipinski definition) is 10. The van der Waals surface area contributed by atoms with Crippen LogP contribution in [-0.2, 0) is 43.3 Å². The van der Waals surface area contributed by atoms with Gasteiger partial charge in [-0.3, -0.25) is 14.4 Å². The third-order valence-corrected chi connectivity index (χ3v) is 5.48. The SMILES string of the molecule is CC(=O)OCNC(=O)C1CCC2CN1C(=O)N2OOS(=O)(=O)CCOC(=O)C(C)(C)C. The lowest BCUT2D eigenvalue weighted by Crippen LogP contribution is -2.50. The van der Waals surface area contributed by atoms with Crippen molar-refractivity contribution in [2.24, 2.45) is 5.41 Å². The molecule has 0 spiro atoms. The summed E-state index contributed by atoms with van der Waals surface area (Å²) in [5.41, 5.74) is -0.782. The molecule has 2 saturated heterocycles. The molecule has 2 rings (SSSR count). The number of hydrogen-bond donors (Lipinski definition) is 1. The molecule has 13 nitrogen and oxygen atoms in total. The van der Waals surface area contributed by atoms with Gasteiger partial charge in [0.25, 0.3) is 10.1 Å². The Hall–Kier alpha value is -2.45. The minimum absolute atomic E-state index is 0.136. The highest BCUT2D eigenvalue weighted by Gasteiger charge is 2.49. The number of hydroxylamine groups is 2. The molecule has 2 aliphatic heterocycles. The quantitative estimate of drug-likeness (QED) is 0.207. The minimum atomic E-state index is -4.25. The van der Waals surface area contributed by atoms with Crippen LogP contribution in [0.2, 0.25) is 0 Å². The lowest BCUT2D eigenvalue weighted by atomic mass is 9.97. The summed E-state index contributed by atoms with van der Waals surface area (Å²) in [5, 5.41) is 3.16. The van der Waals surface area contributed by atoms with Crippen LogP contribution >= 0.6 is 0 Å². The molecule has 2 unspecified atom stereocenters. The summed E-state index contributed by atoms with van der Waals surface area (Å²) in [4.78, 5) is 53.2. The van der Waals surface area contributed by atoms with Gasteiger partial charge in [-0.1, -0.05) is 9.32 Å². The van der Waals surface area contributed by atoms with E-state index in [2.05, 4.69) is 14.4 Å². The lowest BCUT2D eigenvalue weighted by molar-refractivity contribution is -0.346. The normalized spacial score (nSPS) is 21.1. The third-order valence-electron chi connectivity index (χ3n) is 4.54. The van der Waals surface area contributed by atoms with Gasteiger partial charge in [-0.25, -0.2) is 4.79 Å². The molecule has 2 fully saturated rings. The molecule has 31 heavy (non-hydrogen) atoms. The van der Waals surface area contributed by atoms with E-state index < -0.39 is 63.9 Å². The Balaban J connectivity index is 1.85. The molecule has 2 aliphatic rings. The van der Waals surface area contributed by atoms with Crippen molar-refractivity contribution >= 4 is 34.0 Å². The molecule has 0 aliphatic carbocycles. The number of rotatable bonds is 9. The van der Waals surface area contributed by atoms with Crippen molar-refractivity contribution in [2.75, 3.05) is 25.6 Å². The zero-order chi connectivity index (χ0) is 23.4. The number of fused-ring (bicyclic) bond motifs is 2. The van der Waals surface area contributed by atoms with Gasteiger partial charge in [0, 0.05) is 13.5 Å². The third kappa shape index (κ3) is 6.77. The Morgan fingerprint density at radius 1 is 1.16 bits per heavy atom. The van der Waals surface area contributed by atoms with Gasteiger partial charge in [-0.15, -0.1) is 0 Å². The summed E-state index contributed by atoms with van der Waals surface area (Å²) < 4.78 is 37.9. The van der Waals surface area contributed by atoms with E-state index >= 15 is 0 Å². The van der Waals surface area contributed by atoms with Crippen molar-refractivity contribution in [2.45, 2.75) is 52.6 Å². The molecule has 3 amide bonds. The maximum atomic E-state index is 12.5. The summed E-state index contributed by atoms with van der Waals surface area (Å²) in [6, 6.07) is -2.05. The van der Waals surface area contributed by atoms with Crippen molar-refractivity contribution in [1.29, 1.82) is 0 Å². The molecule has 2 heterocycles. The fourth-order valence-corrected chi connectivity index (χ4v) is 3.41. The molecule has 0 aromatic rings. The average molecular weight is 465 g/mol. The van der Waals surface area contributed by atoms with Crippen molar-refractivity contribution < 1.29 is 46.4 Å². The zero-order valence-electron chi connectivity index (χ0n) is 17.8. The van der Waals surface area contributed by atoms with E-state index in [1.165, 1.54) is 11.8 Å². The maximum Gasteiger partial charge on any atom is 0.347 e. The van der Waals surface area contributed by atoms with Gasteiger partial charge in [-0.2, -0.15) is 13.5 Å². The Labute approximate surface area is 179 Å². The summed E-state index contributed by atoms with van der Waals surface area (Å²) in [6.45, 7) is 5.45. The Bertz CT molecular complexity index is 823. The number of urea groups is 1. The number of esters is 2. The van der Waals surface area contributed by atoms with Crippen LogP contribution in [0.5, 0.6) is 0 Å². The first kappa shape index (κ1) is 24.8. The van der Waals surface area contributed by atoms with Crippen LogP contribution in [-0.4, -0.2) is 80.0 Å². The number of ether oxygens (including phenoxy) is 2. The van der Waals surface area contributed by atoms with Gasteiger partial charge in [0.05, 0.1) is 11.5 Å². The molecule has 2 bridgehead atoms. The second-order valence-corrected chi connectivity index (χ2v) is 9.78. The van der Waals surface area contributed by atoms with Crippen molar-refractivity contribution in [3.8, 4) is 0 Å². The van der Waals surface area contributed by atoms with Crippen molar-refractivity contribution in [3.63, 3.8) is 0 Å². The van der Waals surface area contributed by atoms with E-state index in [-0.39, 0.29) is 13.3 Å². The van der Waals surface area contributed by atoms with Crippen LogP contribution in [0.25, 0.3) is 0 Å². The molecule has 0 radical (unpaired) electrons. The standard InChI is InChI=1S/C17H27N3O10S/c1-11(21)28-10-18-14(22)13-6-5-12-9-19(13)16(24)20(12)29-30-31(25,26)8-7-27-15(23)17(2,3)4/h12-13H,5-10H2,1-4H3,(H,18,22). The van der Waals surface area contributed by atoms with Gasteiger partial charge < -0.3 is 19.7 Å². The summed E-state index contributed by atoms with van der Waals surface area (Å²) in [5.74, 6) is -2.30. The second-order valence-electron chi connectivity index (χ2n) is 8.12. The second kappa shape index (κ2) is 9.78. The molecule has 1 N–H and O–H groups in total. The summed E-state index contributed by atoms with van der Waals surface area (Å²) >= 11 is 0. The van der Waals surface area contributed by atoms with Crippen LogP contribution in [0.1, 0.15) is 40.5 Å². The first-order valence-electron chi connectivity index (χ1n) is 9.59. The van der Waals surface area contributed by atoms with Crippen molar-refractivity contribution in [3.05, 3.63) is 0 Å². The molecule has 0 aromatic carbocycles. The van der Waals surface area contributed by atoms with E-state index in [9.17, 15) is 27.6 Å². The first-order valence-corrected chi connectivity index (χ1v) is 11.2. The summed E-state index contributed by atoms with van der Waals surface area (Å²) in [7, 11) is -4.25. The highest BCUT2D eigenvalue weighted by Crippen LogP contribution is 2.30. The molecule has 14 heteroatoms. The number of carbonyl (C=O) groups is 4. The van der Waals surface area contributed by atoms with Gasteiger partial charge in [0.2, 0.25) is 5.91 Å². The fraction of sp³-hybridized carbons (Fsp3) is 0.765. The van der Waals surface area contributed by atoms with Crippen LogP contribution in [0, 0.1) is 5.41 Å². The number of nitrogens with one attached hydrogen (secondary N) is 1. The van der Waals surface area contributed by atoms with E-state index in [4.69, 9.17) is 9.73 Å². The first-order chi connectivity index (χ1) is 14.3. The number of carbonyl (C=O) groups excluding carboxylic acids is 4. The van der Waals surface area contributed by atoms with Gasteiger partial charge in [0.1, 0.15) is 18.4 Å². The average Bonchev–Trinajstić information content (AvgIpc) is 2.89. The lowest BCUT2D eigenvalue weighted by Gasteiger charge is -2.29. The van der Waals surface area contributed by atoms with E-state index in [1.54, 1.807) is 20.8 Å². The van der Waals surface area contributed by atoms with Crippen molar-refractivity contribution in [1.82, 2.24) is 15.3 Å². The number of amides is 3. The fourth-order valence-electron chi connectivity index (χ4n) is 2.90. The van der Waals surface area contributed by atoms with Crippen LogP contribution in [0.15, 0.2) is 0 Å². The molecule has 2 atom stereocenters. The largest absolute Gasteiger partial charge is 0.464 e. The van der Waals surface area contributed by atoms with Crippen LogP contribution < -0.4 is 5.32 Å². The molecule has 0 aromatic heterocycles.